The Morgan fingerprint density at radius 2 is 1.82 bits per heavy atom. The molecule has 28 heavy (non-hydrogen) atoms. The second kappa shape index (κ2) is 8.18. The molecule has 1 fully saturated rings. The third-order valence-corrected chi connectivity index (χ3v) is 8.53. The van der Waals surface area contributed by atoms with E-state index >= 15 is 0 Å². The molecule has 3 rings (SSSR count). The second-order valence-corrected chi connectivity index (χ2v) is 10.3. The van der Waals surface area contributed by atoms with Gasteiger partial charge in [0.2, 0.25) is 5.91 Å². The van der Waals surface area contributed by atoms with Crippen molar-refractivity contribution in [2.24, 2.45) is 0 Å². The van der Waals surface area contributed by atoms with Crippen LogP contribution in [0, 0.1) is 20.8 Å². The van der Waals surface area contributed by atoms with Crippen LogP contribution in [0.3, 0.4) is 0 Å². The van der Waals surface area contributed by atoms with Gasteiger partial charge >= 0.3 is 4.87 Å². The summed E-state index contributed by atoms with van der Waals surface area (Å²) in [5.41, 5.74) is 3.91. The fraction of sp³-hybridized carbons (Fsp3) is 0.474. The smallest absolute Gasteiger partial charge is 0.305 e. The first kappa shape index (κ1) is 20.8. The van der Waals surface area contributed by atoms with Gasteiger partial charge in [0.15, 0.2) is 4.21 Å². The minimum Gasteiger partial charge on any atom is -0.340 e. The summed E-state index contributed by atoms with van der Waals surface area (Å²) in [6.07, 6.45) is 1.09. The molecule has 152 valence electrons. The van der Waals surface area contributed by atoms with Crippen LogP contribution in [0.2, 0.25) is 0 Å². The number of hydrogen-bond acceptors (Lipinski definition) is 5. The van der Waals surface area contributed by atoms with Gasteiger partial charge in [0, 0.05) is 38.3 Å². The van der Waals surface area contributed by atoms with Crippen molar-refractivity contribution in [3.8, 4) is 0 Å². The third-order valence-electron chi connectivity index (χ3n) is 5.05. The monoisotopic (exact) mass is 423 g/mol. The van der Waals surface area contributed by atoms with E-state index in [1.807, 2.05) is 19.9 Å². The van der Waals surface area contributed by atoms with E-state index in [2.05, 4.69) is 17.1 Å². The van der Waals surface area contributed by atoms with Gasteiger partial charge in [-0.2, -0.15) is 4.31 Å². The van der Waals surface area contributed by atoms with E-state index in [0.717, 1.165) is 5.56 Å². The van der Waals surface area contributed by atoms with Gasteiger partial charge in [-0.1, -0.05) is 35.1 Å². The highest BCUT2D eigenvalue weighted by atomic mass is 32.2. The maximum Gasteiger partial charge on any atom is 0.305 e. The first-order valence-corrected chi connectivity index (χ1v) is 11.5. The van der Waals surface area contributed by atoms with Gasteiger partial charge in [-0.25, -0.2) is 8.42 Å². The van der Waals surface area contributed by atoms with Crippen molar-refractivity contribution >= 4 is 27.3 Å². The summed E-state index contributed by atoms with van der Waals surface area (Å²) in [5.74, 6) is 0.0412. The molecule has 1 aliphatic heterocycles. The number of nitrogens with zero attached hydrogens (tertiary/aromatic N) is 2. The number of hydrogen-bond donors (Lipinski definition) is 1. The minimum atomic E-state index is -3.70. The van der Waals surface area contributed by atoms with Crippen molar-refractivity contribution in [1.29, 1.82) is 0 Å². The lowest BCUT2D eigenvalue weighted by atomic mass is 10.0. The van der Waals surface area contributed by atoms with Crippen molar-refractivity contribution in [2.45, 2.75) is 37.8 Å². The van der Waals surface area contributed by atoms with E-state index in [9.17, 15) is 18.0 Å². The molecule has 1 amide bonds. The van der Waals surface area contributed by atoms with Crippen LogP contribution in [0.15, 0.2) is 27.2 Å². The molecule has 1 N–H and O–H groups in total. The Balaban J connectivity index is 1.58. The number of aromatic amines is 1. The van der Waals surface area contributed by atoms with Crippen LogP contribution in [0.25, 0.3) is 0 Å². The Bertz CT molecular complexity index is 1030. The van der Waals surface area contributed by atoms with Crippen molar-refractivity contribution in [2.75, 3.05) is 26.2 Å². The molecular weight excluding hydrogens is 398 g/mol. The lowest BCUT2D eigenvalue weighted by Crippen LogP contribution is -2.50. The summed E-state index contributed by atoms with van der Waals surface area (Å²) in [6.45, 7) is 6.88. The van der Waals surface area contributed by atoms with Crippen molar-refractivity contribution in [3.05, 3.63) is 50.3 Å². The molecule has 0 saturated carbocycles. The zero-order valence-corrected chi connectivity index (χ0v) is 18.0. The van der Waals surface area contributed by atoms with E-state index in [1.54, 1.807) is 11.8 Å². The van der Waals surface area contributed by atoms with Crippen molar-refractivity contribution < 1.29 is 13.2 Å². The summed E-state index contributed by atoms with van der Waals surface area (Å²) >= 11 is 0.709. The summed E-state index contributed by atoms with van der Waals surface area (Å²) < 4.78 is 26.9. The molecule has 0 unspecified atom stereocenters. The predicted octanol–water partition coefficient (Wildman–Crippen LogP) is 1.83. The molecule has 2 aromatic rings. The zero-order chi connectivity index (χ0) is 20.5. The van der Waals surface area contributed by atoms with Gasteiger partial charge < -0.3 is 9.88 Å². The number of rotatable bonds is 5. The number of carbonyl (C=O) groups excluding carboxylic acids is 1. The Kier molecular flexibility index (Phi) is 6.07. The topological polar surface area (TPSA) is 90.6 Å². The molecule has 0 radical (unpaired) electrons. The standard InChI is InChI=1S/C19H25N3O4S2/c1-13-4-5-16(14(2)12-13)6-7-17(23)21-8-10-22(11-9-21)28(25,26)18-15(3)20-19(24)27-18/h4-5,12H,6-11H2,1-3H3,(H,20,24). The molecule has 7 nitrogen and oxygen atoms in total. The summed E-state index contributed by atoms with van der Waals surface area (Å²) in [6, 6.07) is 6.22. The van der Waals surface area contributed by atoms with E-state index in [0.29, 0.717) is 43.0 Å². The summed E-state index contributed by atoms with van der Waals surface area (Å²) in [4.78, 5) is 27.8. The van der Waals surface area contributed by atoms with Crippen LogP contribution < -0.4 is 4.87 Å². The number of benzene rings is 1. The first-order valence-electron chi connectivity index (χ1n) is 9.22. The lowest BCUT2D eigenvalue weighted by Gasteiger charge is -2.33. The van der Waals surface area contributed by atoms with Gasteiger partial charge in [-0.3, -0.25) is 9.59 Å². The van der Waals surface area contributed by atoms with Crippen LogP contribution in [-0.4, -0.2) is 54.7 Å². The highest BCUT2D eigenvalue weighted by Crippen LogP contribution is 2.22. The number of carbonyl (C=O) groups is 1. The number of nitrogens with one attached hydrogen (secondary N) is 1. The third kappa shape index (κ3) is 4.37. The molecular formula is C19H25N3O4S2. The normalized spacial score (nSPS) is 15.8. The Labute approximate surface area is 169 Å². The molecule has 0 spiro atoms. The molecule has 1 saturated heterocycles. The number of thiazole rings is 1. The molecule has 1 aromatic heterocycles. The maximum absolute atomic E-state index is 12.7. The maximum atomic E-state index is 12.7. The van der Waals surface area contributed by atoms with Crippen molar-refractivity contribution in [3.63, 3.8) is 0 Å². The van der Waals surface area contributed by atoms with Crippen LogP contribution >= 0.6 is 11.3 Å². The molecule has 0 bridgehead atoms. The van der Waals surface area contributed by atoms with Gasteiger partial charge in [0.25, 0.3) is 10.0 Å². The largest absolute Gasteiger partial charge is 0.340 e. The number of aromatic nitrogens is 1. The second-order valence-electron chi connectivity index (χ2n) is 7.14. The quantitative estimate of drug-likeness (QED) is 0.794. The highest BCUT2D eigenvalue weighted by molar-refractivity contribution is 7.91. The highest BCUT2D eigenvalue weighted by Gasteiger charge is 2.32. The Hall–Kier alpha value is -1.97. The van der Waals surface area contributed by atoms with Crippen LogP contribution in [0.4, 0.5) is 0 Å². The molecule has 0 aliphatic carbocycles. The van der Waals surface area contributed by atoms with Crippen LogP contribution in [-0.2, 0) is 21.2 Å². The zero-order valence-electron chi connectivity index (χ0n) is 16.3. The van der Waals surface area contributed by atoms with E-state index in [4.69, 9.17) is 0 Å². The fourth-order valence-corrected chi connectivity index (χ4v) is 6.32. The lowest BCUT2D eigenvalue weighted by molar-refractivity contribution is -0.132. The van der Waals surface area contributed by atoms with Gasteiger partial charge in [-0.15, -0.1) is 0 Å². The minimum absolute atomic E-state index is 0.0412. The molecule has 9 heteroatoms. The van der Waals surface area contributed by atoms with E-state index in [1.165, 1.54) is 15.4 Å². The van der Waals surface area contributed by atoms with Crippen LogP contribution in [0.1, 0.15) is 28.8 Å². The molecule has 1 aliphatic rings. The Morgan fingerprint density at radius 3 is 2.39 bits per heavy atom. The number of piperazine rings is 1. The number of H-pyrrole nitrogens is 1. The molecule has 2 heterocycles. The van der Waals surface area contributed by atoms with E-state index < -0.39 is 10.0 Å². The summed E-state index contributed by atoms with van der Waals surface area (Å²) in [5, 5.41) is 0. The van der Waals surface area contributed by atoms with Gasteiger partial charge in [-0.05, 0) is 38.3 Å². The Morgan fingerprint density at radius 1 is 1.14 bits per heavy atom. The number of amides is 1. The first-order chi connectivity index (χ1) is 13.2. The average molecular weight is 424 g/mol. The fourth-order valence-electron chi connectivity index (χ4n) is 3.46. The molecule has 1 aromatic carbocycles. The number of aryl methyl sites for hydroxylation is 4. The van der Waals surface area contributed by atoms with Gasteiger partial charge in [0.05, 0.1) is 0 Å². The summed E-state index contributed by atoms with van der Waals surface area (Å²) in [7, 11) is -3.70. The SMILES string of the molecule is Cc1ccc(CCC(=O)N2CCN(S(=O)(=O)c3sc(=O)[nH]c3C)CC2)c(C)c1. The van der Waals surface area contributed by atoms with E-state index in [-0.39, 0.29) is 28.1 Å². The molecule has 0 atom stereocenters. The van der Waals surface area contributed by atoms with Crippen molar-refractivity contribution in [1.82, 2.24) is 14.2 Å². The predicted molar refractivity (Wildman–Crippen MR) is 109 cm³/mol. The average Bonchev–Trinajstić information content (AvgIpc) is 3.00. The van der Waals surface area contributed by atoms with Gasteiger partial charge in [0.1, 0.15) is 0 Å². The van der Waals surface area contributed by atoms with Crippen LogP contribution in [0.5, 0.6) is 0 Å². The number of sulfonamides is 1.